The Balaban J connectivity index is 1.59. The molecule has 0 aliphatic heterocycles. The summed E-state index contributed by atoms with van der Waals surface area (Å²) in [6.07, 6.45) is 4.17. The first-order valence-corrected chi connectivity index (χ1v) is 12.4. The van der Waals surface area contributed by atoms with E-state index in [1.807, 2.05) is 24.3 Å². The maximum atomic E-state index is 13.8. The van der Waals surface area contributed by atoms with Gasteiger partial charge in [0, 0.05) is 22.8 Å². The number of methoxy groups -OCH3 is 1. The third kappa shape index (κ3) is 4.14. The number of thioether (sulfide) groups is 1. The lowest BCUT2D eigenvalue weighted by Crippen LogP contribution is -2.22. The van der Waals surface area contributed by atoms with Crippen LogP contribution in [-0.4, -0.2) is 21.6 Å². The highest BCUT2D eigenvalue weighted by atomic mass is 32.2. The topological polar surface area (TPSA) is 87.3 Å². The van der Waals surface area contributed by atoms with Crippen molar-refractivity contribution in [2.75, 3.05) is 7.11 Å². The highest BCUT2D eigenvalue weighted by Gasteiger charge is 2.23. The molecule has 4 aromatic rings. The smallest absolute Gasteiger partial charge is 0.269 e. The normalized spacial score (nSPS) is 13.1. The van der Waals surface area contributed by atoms with Crippen molar-refractivity contribution in [3.8, 4) is 11.4 Å². The summed E-state index contributed by atoms with van der Waals surface area (Å²) in [5.74, 6) is 1.26. The minimum atomic E-state index is -0.410. The number of non-ortho nitro benzene ring substituents is 1. The average Bonchev–Trinajstić information content (AvgIpc) is 3.22. The van der Waals surface area contributed by atoms with Crippen LogP contribution in [0.5, 0.6) is 5.75 Å². The van der Waals surface area contributed by atoms with Gasteiger partial charge in [-0.1, -0.05) is 23.9 Å². The average molecular weight is 480 g/mol. The largest absolute Gasteiger partial charge is 0.497 e. The maximum Gasteiger partial charge on any atom is 0.269 e. The zero-order valence-corrected chi connectivity index (χ0v) is 19.6. The molecular formula is C24H21N3O4S2. The molecule has 2 heterocycles. The molecule has 0 N–H and O–H groups in total. The monoisotopic (exact) mass is 479 g/mol. The number of aryl methyl sites for hydroxylation is 2. The molecule has 1 aliphatic carbocycles. The lowest BCUT2D eigenvalue weighted by molar-refractivity contribution is -0.384. The molecule has 0 atom stereocenters. The minimum absolute atomic E-state index is 0.0456. The van der Waals surface area contributed by atoms with E-state index in [1.54, 1.807) is 35.1 Å². The number of aromatic nitrogens is 2. The van der Waals surface area contributed by atoms with Gasteiger partial charge in [0.15, 0.2) is 5.16 Å². The molecule has 2 aromatic carbocycles. The number of rotatable bonds is 6. The van der Waals surface area contributed by atoms with Crippen LogP contribution in [0.3, 0.4) is 0 Å². The lowest BCUT2D eigenvalue weighted by atomic mass is 9.97. The van der Waals surface area contributed by atoms with Crippen LogP contribution < -0.4 is 10.3 Å². The van der Waals surface area contributed by atoms with E-state index in [9.17, 15) is 14.9 Å². The van der Waals surface area contributed by atoms with Crippen LogP contribution in [0.2, 0.25) is 0 Å². The van der Waals surface area contributed by atoms with E-state index in [2.05, 4.69) is 0 Å². The Bertz CT molecular complexity index is 1390. The number of nitro groups is 1. The molecule has 0 fully saturated rings. The molecule has 5 rings (SSSR count). The zero-order valence-electron chi connectivity index (χ0n) is 17.9. The van der Waals surface area contributed by atoms with Crippen molar-refractivity contribution in [2.45, 2.75) is 36.6 Å². The molecule has 9 heteroatoms. The predicted octanol–water partition coefficient (Wildman–Crippen LogP) is 5.54. The van der Waals surface area contributed by atoms with Gasteiger partial charge in [-0.25, -0.2) is 4.98 Å². The number of ether oxygens (including phenoxy) is 1. The van der Waals surface area contributed by atoms with Gasteiger partial charge in [-0.2, -0.15) is 0 Å². The summed E-state index contributed by atoms with van der Waals surface area (Å²) >= 11 is 3.08. The highest BCUT2D eigenvalue weighted by molar-refractivity contribution is 7.98. The number of hydrogen-bond acceptors (Lipinski definition) is 7. The SMILES string of the molecule is COc1ccc(-n2c(SCc3ccc([N+](=O)[O-])cc3)nc3sc4c(c3c2=O)CCCC4)cc1. The first-order valence-electron chi connectivity index (χ1n) is 10.6. The number of fused-ring (bicyclic) bond motifs is 3. The van der Waals surface area contributed by atoms with E-state index in [4.69, 9.17) is 9.72 Å². The Kier molecular flexibility index (Phi) is 5.90. The third-order valence-corrected chi connectivity index (χ3v) is 8.00. The molecule has 33 heavy (non-hydrogen) atoms. The Morgan fingerprint density at radius 2 is 1.85 bits per heavy atom. The van der Waals surface area contributed by atoms with Crippen LogP contribution in [0.4, 0.5) is 5.69 Å². The third-order valence-electron chi connectivity index (χ3n) is 5.80. The van der Waals surface area contributed by atoms with Gasteiger partial charge in [0.2, 0.25) is 0 Å². The van der Waals surface area contributed by atoms with Crippen molar-refractivity contribution in [1.29, 1.82) is 0 Å². The summed E-state index contributed by atoms with van der Waals surface area (Å²) in [4.78, 5) is 31.3. The number of benzene rings is 2. The first-order chi connectivity index (χ1) is 16.0. The molecule has 7 nitrogen and oxygen atoms in total. The first kappa shape index (κ1) is 21.7. The van der Waals surface area contributed by atoms with Gasteiger partial charge in [-0.3, -0.25) is 19.5 Å². The van der Waals surface area contributed by atoms with Crippen LogP contribution in [0, 0.1) is 10.1 Å². The minimum Gasteiger partial charge on any atom is -0.497 e. The standard InChI is InChI=1S/C24H21N3O4S2/c1-31-18-12-10-16(11-13-18)26-23(28)21-19-4-2-3-5-20(19)33-22(21)25-24(26)32-14-15-6-8-17(9-7-15)27(29)30/h6-13H,2-5,14H2,1H3. The van der Waals surface area contributed by atoms with Crippen LogP contribution in [0.15, 0.2) is 58.5 Å². The fourth-order valence-electron chi connectivity index (χ4n) is 4.10. The summed E-state index contributed by atoms with van der Waals surface area (Å²) in [5.41, 5.74) is 2.83. The van der Waals surface area contributed by atoms with Crippen LogP contribution in [0.25, 0.3) is 15.9 Å². The second kappa shape index (κ2) is 8.99. The Morgan fingerprint density at radius 3 is 2.55 bits per heavy atom. The highest BCUT2D eigenvalue weighted by Crippen LogP contribution is 2.36. The van der Waals surface area contributed by atoms with Crippen molar-refractivity contribution in [3.05, 3.63) is 85.0 Å². The fraction of sp³-hybridized carbons (Fsp3) is 0.250. The predicted molar refractivity (Wildman–Crippen MR) is 131 cm³/mol. The van der Waals surface area contributed by atoms with Gasteiger partial charge in [-0.15, -0.1) is 11.3 Å². The van der Waals surface area contributed by atoms with Gasteiger partial charge in [0.25, 0.3) is 11.2 Å². The van der Waals surface area contributed by atoms with E-state index in [1.165, 1.54) is 28.8 Å². The van der Waals surface area contributed by atoms with Crippen molar-refractivity contribution < 1.29 is 9.66 Å². The van der Waals surface area contributed by atoms with Crippen LogP contribution in [0.1, 0.15) is 28.8 Å². The van der Waals surface area contributed by atoms with Gasteiger partial charge in [-0.05, 0) is 61.1 Å². The van der Waals surface area contributed by atoms with Crippen LogP contribution >= 0.6 is 23.1 Å². The molecule has 0 unspecified atom stereocenters. The van der Waals surface area contributed by atoms with Gasteiger partial charge >= 0.3 is 0 Å². The summed E-state index contributed by atoms with van der Waals surface area (Å²) < 4.78 is 6.96. The molecule has 0 spiro atoms. The summed E-state index contributed by atoms with van der Waals surface area (Å²) in [6.45, 7) is 0. The number of hydrogen-bond donors (Lipinski definition) is 0. The second-order valence-electron chi connectivity index (χ2n) is 7.84. The Labute approximate surface area is 198 Å². The molecule has 0 saturated carbocycles. The van der Waals surface area contributed by atoms with Crippen molar-refractivity contribution in [1.82, 2.24) is 9.55 Å². The number of nitro benzene ring substituents is 1. The lowest BCUT2D eigenvalue weighted by Gasteiger charge is -2.14. The van der Waals surface area contributed by atoms with E-state index in [0.717, 1.165) is 52.7 Å². The zero-order chi connectivity index (χ0) is 22.9. The number of nitrogens with zero attached hydrogens (tertiary/aromatic N) is 3. The molecule has 1 aliphatic rings. The van der Waals surface area contributed by atoms with E-state index >= 15 is 0 Å². The molecule has 2 aromatic heterocycles. The molecular weight excluding hydrogens is 458 g/mol. The molecule has 0 saturated heterocycles. The quantitative estimate of drug-likeness (QED) is 0.156. The summed E-state index contributed by atoms with van der Waals surface area (Å²) in [5, 5.41) is 12.3. The molecule has 0 amide bonds. The van der Waals surface area contributed by atoms with Crippen molar-refractivity contribution in [3.63, 3.8) is 0 Å². The molecule has 168 valence electrons. The van der Waals surface area contributed by atoms with Crippen molar-refractivity contribution in [2.24, 2.45) is 0 Å². The Morgan fingerprint density at radius 1 is 1.12 bits per heavy atom. The van der Waals surface area contributed by atoms with E-state index in [-0.39, 0.29) is 11.2 Å². The fourth-order valence-corrected chi connectivity index (χ4v) is 6.37. The van der Waals surface area contributed by atoms with E-state index < -0.39 is 4.92 Å². The number of thiophene rings is 1. The molecule has 0 radical (unpaired) electrons. The molecule has 0 bridgehead atoms. The van der Waals surface area contributed by atoms with Gasteiger partial charge in [0.05, 0.1) is 23.1 Å². The van der Waals surface area contributed by atoms with Gasteiger partial charge < -0.3 is 4.74 Å². The Hall–Kier alpha value is -3.17. The van der Waals surface area contributed by atoms with Gasteiger partial charge in [0.1, 0.15) is 10.6 Å². The van der Waals surface area contributed by atoms with E-state index in [0.29, 0.717) is 16.7 Å². The van der Waals surface area contributed by atoms with Crippen molar-refractivity contribution >= 4 is 39.0 Å². The van der Waals surface area contributed by atoms with Crippen LogP contribution in [-0.2, 0) is 18.6 Å². The summed E-state index contributed by atoms with van der Waals surface area (Å²) in [6, 6.07) is 13.9. The second-order valence-corrected chi connectivity index (χ2v) is 9.86. The maximum absolute atomic E-state index is 13.8. The summed E-state index contributed by atoms with van der Waals surface area (Å²) in [7, 11) is 1.61.